The molecule has 7 heteroatoms. The first-order valence-corrected chi connectivity index (χ1v) is 10.7. The van der Waals surface area contributed by atoms with Gasteiger partial charge in [0.15, 0.2) is 0 Å². The summed E-state index contributed by atoms with van der Waals surface area (Å²) in [6, 6.07) is 5.56. The van der Waals surface area contributed by atoms with E-state index in [2.05, 4.69) is 16.3 Å². The number of hydrogen-bond acceptors (Lipinski definition) is 5. The first-order chi connectivity index (χ1) is 14.0. The molecular weight excluding hydrogens is 368 g/mol. The molecule has 2 saturated heterocycles. The highest BCUT2D eigenvalue weighted by Crippen LogP contribution is 2.58. The largest absolute Gasteiger partial charge is 0.330 e. The Morgan fingerprint density at radius 3 is 2.66 bits per heavy atom. The summed E-state index contributed by atoms with van der Waals surface area (Å²) in [4.78, 5) is 40.6. The van der Waals surface area contributed by atoms with Gasteiger partial charge in [-0.2, -0.15) is 0 Å². The minimum absolute atomic E-state index is 0.0993. The van der Waals surface area contributed by atoms with Crippen molar-refractivity contribution < 1.29 is 14.4 Å². The highest BCUT2D eigenvalue weighted by Gasteiger charge is 2.53. The smallest absolute Gasteiger partial charge is 0.255 e. The standard InChI is InChI=1S/C22H28N4O3/c23-11-16-10-22(16)5-7-25(8-6-22)12-14-1-2-15-13-26(21(29)17(15)9-14)18-3-4-19(27)24-20(18)28/h1-2,9,16,18H,3-8,10-13,23H2,(H,24,27,28). The number of amides is 3. The van der Waals surface area contributed by atoms with Crippen LogP contribution in [0.2, 0.25) is 0 Å². The highest BCUT2D eigenvalue weighted by molar-refractivity contribution is 6.05. The van der Waals surface area contributed by atoms with Crippen LogP contribution < -0.4 is 11.1 Å². The monoisotopic (exact) mass is 396 g/mol. The fourth-order valence-electron chi connectivity index (χ4n) is 5.49. The van der Waals surface area contributed by atoms with E-state index in [0.717, 1.165) is 43.2 Å². The van der Waals surface area contributed by atoms with Crippen molar-refractivity contribution in [2.75, 3.05) is 19.6 Å². The summed E-state index contributed by atoms with van der Waals surface area (Å²) in [7, 11) is 0. The Bertz CT molecular complexity index is 875. The number of fused-ring (bicyclic) bond motifs is 1. The SMILES string of the molecule is NCC1CC12CCN(Cc1ccc3c(c1)C(=O)N(C1CCC(=O)NC1=O)C3)CC2. The predicted octanol–water partition coefficient (Wildman–Crippen LogP) is 1.01. The minimum Gasteiger partial charge on any atom is -0.330 e. The van der Waals surface area contributed by atoms with Gasteiger partial charge in [0.05, 0.1) is 0 Å². The summed E-state index contributed by atoms with van der Waals surface area (Å²) in [6.07, 6.45) is 4.42. The van der Waals surface area contributed by atoms with Crippen molar-refractivity contribution in [1.82, 2.24) is 15.1 Å². The maximum atomic E-state index is 13.0. The second-order valence-electron chi connectivity index (χ2n) is 9.17. The molecule has 3 amide bonds. The van der Waals surface area contributed by atoms with Crippen molar-refractivity contribution in [2.45, 2.75) is 51.2 Å². The first kappa shape index (κ1) is 18.8. The number of benzene rings is 1. The molecule has 2 unspecified atom stereocenters. The summed E-state index contributed by atoms with van der Waals surface area (Å²) >= 11 is 0. The second kappa shape index (κ2) is 6.92. The molecule has 29 heavy (non-hydrogen) atoms. The van der Waals surface area contributed by atoms with Crippen LogP contribution in [-0.4, -0.2) is 53.2 Å². The van der Waals surface area contributed by atoms with E-state index in [-0.39, 0.29) is 24.1 Å². The fraction of sp³-hybridized carbons (Fsp3) is 0.591. The van der Waals surface area contributed by atoms with Crippen LogP contribution in [0.5, 0.6) is 0 Å². The van der Waals surface area contributed by atoms with E-state index in [4.69, 9.17) is 5.73 Å². The maximum absolute atomic E-state index is 13.0. The summed E-state index contributed by atoms with van der Waals surface area (Å²) in [5.41, 5.74) is 9.17. The molecule has 154 valence electrons. The molecule has 2 atom stereocenters. The zero-order chi connectivity index (χ0) is 20.2. The topological polar surface area (TPSA) is 95.7 Å². The van der Waals surface area contributed by atoms with Gasteiger partial charge in [0.2, 0.25) is 11.8 Å². The van der Waals surface area contributed by atoms with Gasteiger partial charge in [-0.15, -0.1) is 0 Å². The van der Waals surface area contributed by atoms with E-state index < -0.39 is 6.04 Å². The average Bonchev–Trinajstić information content (AvgIpc) is 3.31. The molecule has 7 nitrogen and oxygen atoms in total. The van der Waals surface area contributed by atoms with E-state index in [1.807, 2.05) is 12.1 Å². The van der Waals surface area contributed by atoms with Crippen molar-refractivity contribution in [1.29, 1.82) is 0 Å². The quantitative estimate of drug-likeness (QED) is 0.741. The second-order valence-corrected chi connectivity index (χ2v) is 9.17. The van der Waals surface area contributed by atoms with Gasteiger partial charge in [-0.25, -0.2) is 0 Å². The predicted molar refractivity (Wildman–Crippen MR) is 107 cm³/mol. The van der Waals surface area contributed by atoms with Gasteiger partial charge in [0, 0.05) is 25.1 Å². The lowest BCUT2D eigenvalue weighted by atomic mass is 9.90. The van der Waals surface area contributed by atoms with Crippen LogP contribution in [0.1, 0.15) is 53.6 Å². The van der Waals surface area contributed by atoms with Crippen molar-refractivity contribution in [3.8, 4) is 0 Å². The number of carbonyl (C=O) groups excluding carboxylic acids is 3. The van der Waals surface area contributed by atoms with E-state index in [9.17, 15) is 14.4 Å². The van der Waals surface area contributed by atoms with Gasteiger partial charge in [0.25, 0.3) is 5.91 Å². The molecule has 0 aromatic heterocycles. The number of imide groups is 1. The van der Waals surface area contributed by atoms with Crippen molar-refractivity contribution in [3.05, 3.63) is 34.9 Å². The molecule has 1 aliphatic carbocycles. The van der Waals surface area contributed by atoms with Gasteiger partial charge in [0.1, 0.15) is 6.04 Å². The Kier molecular flexibility index (Phi) is 4.47. The summed E-state index contributed by atoms with van der Waals surface area (Å²) in [5, 5.41) is 2.35. The third kappa shape index (κ3) is 3.26. The molecular formula is C22H28N4O3. The van der Waals surface area contributed by atoms with E-state index in [0.29, 0.717) is 23.9 Å². The van der Waals surface area contributed by atoms with Crippen molar-refractivity contribution in [2.24, 2.45) is 17.1 Å². The Morgan fingerprint density at radius 1 is 1.17 bits per heavy atom. The zero-order valence-electron chi connectivity index (χ0n) is 16.7. The average molecular weight is 396 g/mol. The van der Waals surface area contributed by atoms with Crippen molar-refractivity contribution in [3.63, 3.8) is 0 Å². The number of nitrogens with zero attached hydrogens (tertiary/aromatic N) is 2. The van der Waals surface area contributed by atoms with Crippen LogP contribution >= 0.6 is 0 Å². The molecule has 0 radical (unpaired) electrons. The molecule has 1 saturated carbocycles. The number of carbonyl (C=O) groups is 3. The molecule has 1 aromatic rings. The van der Waals surface area contributed by atoms with Crippen LogP contribution in [0, 0.1) is 11.3 Å². The van der Waals surface area contributed by atoms with Gasteiger partial charge >= 0.3 is 0 Å². The molecule has 4 aliphatic rings. The summed E-state index contributed by atoms with van der Waals surface area (Å²) in [6.45, 7) is 4.28. The number of hydrogen-bond donors (Lipinski definition) is 2. The Morgan fingerprint density at radius 2 is 1.97 bits per heavy atom. The molecule has 0 bridgehead atoms. The number of likely N-dealkylation sites (tertiary alicyclic amines) is 1. The van der Waals surface area contributed by atoms with Crippen LogP contribution in [-0.2, 0) is 22.7 Å². The fourth-order valence-corrected chi connectivity index (χ4v) is 5.49. The lowest BCUT2D eigenvalue weighted by Gasteiger charge is -2.33. The molecule has 3 heterocycles. The van der Waals surface area contributed by atoms with Gasteiger partial charge < -0.3 is 10.6 Å². The number of nitrogens with two attached hydrogens (primary N) is 1. The van der Waals surface area contributed by atoms with Crippen LogP contribution in [0.25, 0.3) is 0 Å². The lowest BCUT2D eigenvalue weighted by Crippen LogP contribution is -2.52. The third-order valence-corrected chi connectivity index (χ3v) is 7.49. The van der Waals surface area contributed by atoms with Gasteiger partial charge in [-0.1, -0.05) is 12.1 Å². The van der Waals surface area contributed by atoms with Crippen molar-refractivity contribution >= 4 is 17.7 Å². The maximum Gasteiger partial charge on any atom is 0.255 e. The molecule has 1 aromatic carbocycles. The van der Waals surface area contributed by atoms with Gasteiger partial charge in [-0.3, -0.25) is 24.6 Å². The van der Waals surface area contributed by atoms with Crippen LogP contribution in [0.4, 0.5) is 0 Å². The normalized spacial score (nSPS) is 28.6. The molecule has 1 spiro atoms. The zero-order valence-corrected chi connectivity index (χ0v) is 16.7. The van der Waals surface area contributed by atoms with E-state index in [1.54, 1.807) is 4.90 Å². The Hall–Kier alpha value is -2.25. The number of rotatable bonds is 4. The molecule has 3 aliphatic heterocycles. The number of piperidine rings is 2. The highest BCUT2D eigenvalue weighted by atomic mass is 16.2. The molecule has 3 N–H and O–H groups in total. The minimum atomic E-state index is -0.552. The van der Waals surface area contributed by atoms with E-state index in [1.165, 1.54) is 19.3 Å². The van der Waals surface area contributed by atoms with Gasteiger partial charge in [-0.05, 0) is 73.8 Å². The molecule has 3 fully saturated rings. The Balaban J connectivity index is 1.24. The Labute approximate surface area is 170 Å². The third-order valence-electron chi connectivity index (χ3n) is 7.49. The van der Waals surface area contributed by atoms with E-state index >= 15 is 0 Å². The molecule has 5 rings (SSSR count). The lowest BCUT2D eigenvalue weighted by molar-refractivity contribution is -0.136. The summed E-state index contributed by atoms with van der Waals surface area (Å²) in [5.74, 6) is 0.00367. The van der Waals surface area contributed by atoms with Crippen LogP contribution in [0.3, 0.4) is 0 Å². The summed E-state index contributed by atoms with van der Waals surface area (Å²) < 4.78 is 0. The number of nitrogens with one attached hydrogen (secondary N) is 1. The first-order valence-electron chi connectivity index (χ1n) is 10.7. The van der Waals surface area contributed by atoms with Crippen LogP contribution in [0.15, 0.2) is 18.2 Å².